The number of hydrogen-bond donors (Lipinski definition) is 2. The Morgan fingerprint density at radius 2 is 1.80 bits per heavy atom. The van der Waals surface area contributed by atoms with Crippen LogP contribution in [0.4, 0.5) is 0 Å². The fourth-order valence-electron chi connectivity index (χ4n) is 4.77. The Bertz CT molecular complexity index is 784. The Kier molecular flexibility index (Phi) is 13.5. The van der Waals surface area contributed by atoms with Crippen LogP contribution in [0.3, 0.4) is 0 Å². The van der Waals surface area contributed by atoms with Gasteiger partial charge in [-0.25, -0.2) is 0 Å². The Morgan fingerprint density at radius 3 is 2.49 bits per heavy atom. The molecule has 0 heterocycles. The number of ketones is 1. The van der Waals surface area contributed by atoms with E-state index in [-0.39, 0.29) is 17.7 Å². The van der Waals surface area contributed by atoms with Crippen LogP contribution in [0.2, 0.25) is 0 Å². The van der Waals surface area contributed by atoms with Gasteiger partial charge in [0.1, 0.15) is 17.3 Å². The molecular formula is C29H45NO5. The van der Waals surface area contributed by atoms with Gasteiger partial charge in [0, 0.05) is 31.4 Å². The van der Waals surface area contributed by atoms with E-state index < -0.39 is 6.10 Å². The molecule has 0 bridgehead atoms. The van der Waals surface area contributed by atoms with Crippen LogP contribution >= 0.6 is 0 Å². The third kappa shape index (κ3) is 10.9. The van der Waals surface area contributed by atoms with E-state index >= 15 is 0 Å². The van der Waals surface area contributed by atoms with Crippen molar-refractivity contribution in [2.45, 2.75) is 96.6 Å². The second-order valence-electron chi connectivity index (χ2n) is 9.67. The summed E-state index contributed by atoms with van der Waals surface area (Å²) in [7, 11) is 3.22. The summed E-state index contributed by atoms with van der Waals surface area (Å²) in [5, 5.41) is 13.1. The van der Waals surface area contributed by atoms with Crippen molar-refractivity contribution < 1.29 is 24.2 Å². The second-order valence-corrected chi connectivity index (χ2v) is 9.67. The fraction of sp³-hybridized carbons (Fsp3) is 0.655. The predicted molar refractivity (Wildman–Crippen MR) is 140 cm³/mol. The van der Waals surface area contributed by atoms with Crippen molar-refractivity contribution in [3.05, 3.63) is 35.9 Å². The lowest BCUT2D eigenvalue weighted by molar-refractivity contribution is -0.122. The first-order valence-electron chi connectivity index (χ1n) is 13.3. The van der Waals surface area contributed by atoms with Crippen LogP contribution in [0, 0.1) is 11.8 Å². The number of unbranched alkanes of at least 4 members (excludes halogenated alkanes) is 5. The third-order valence-electron chi connectivity index (χ3n) is 6.91. The van der Waals surface area contributed by atoms with E-state index in [4.69, 9.17) is 9.47 Å². The maximum absolute atomic E-state index is 12.4. The maximum Gasteiger partial charge on any atom is 0.220 e. The number of Topliss-reactive ketones (excluding diaryl/α,β-unsaturated/α-hetero) is 1. The van der Waals surface area contributed by atoms with Gasteiger partial charge < -0.3 is 19.9 Å². The average Bonchev–Trinajstić information content (AvgIpc) is 3.22. The van der Waals surface area contributed by atoms with Crippen molar-refractivity contribution in [3.63, 3.8) is 0 Å². The quantitative estimate of drug-likeness (QED) is 0.216. The molecule has 6 nitrogen and oxygen atoms in total. The normalized spacial score (nSPS) is 18.7. The van der Waals surface area contributed by atoms with E-state index in [9.17, 15) is 14.7 Å². The van der Waals surface area contributed by atoms with Crippen LogP contribution in [-0.2, 0) is 16.1 Å². The number of aliphatic hydroxyl groups excluding tert-OH is 1. The number of ether oxygens (including phenoxy) is 2. The molecule has 1 aliphatic carbocycles. The molecule has 2 rings (SSSR count). The lowest BCUT2D eigenvalue weighted by atomic mass is 9.89. The van der Waals surface area contributed by atoms with E-state index in [0.29, 0.717) is 36.7 Å². The van der Waals surface area contributed by atoms with Crippen molar-refractivity contribution in [1.29, 1.82) is 0 Å². The molecule has 1 aromatic rings. The highest BCUT2D eigenvalue weighted by atomic mass is 16.5. The minimum atomic E-state index is -0.394. The summed E-state index contributed by atoms with van der Waals surface area (Å²) in [5.41, 5.74) is 0.938. The maximum atomic E-state index is 12.4. The lowest BCUT2D eigenvalue weighted by Gasteiger charge is -2.15. The number of methoxy groups -OCH3 is 2. The van der Waals surface area contributed by atoms with Crippen LogP contribution in [0.25, 0.3) is 0 Å². The molecule has 1 fully saturated rings. The van der Waals surface area contributed by atoms with Gasteiger partial charge in [-0.2, -0.15) is 0 Å². The standard InChI is InChI=1S/C29H45NO5/c1-4-5-8-11-24(31)16-14-23-15-17-28(32)27(23)12-9-6-7-10-13-29(33)30-21-22-18-25(34-2)20-26(19-22)35-3/h14,16,18-20,23-24,27,31H,4-13,15,17,21H2,1-3H3,(H,30,33). The molecule has 196 valence electrons. The minimum absolute atomic E-state index is 0.0421. The lowest BCUT2D eigenvalue weighted by Crippen LogP contribution is -2.22. The zero-order valence-electron chi connectivity index (χ0n) is 21.9. The van der Waals surface area contributed by atoms with Gasteiger partial charge in [0.15, 0.2) is 0 Å². The molecule has 0 aromatic heterocycles. The molecule has 1 amide bonds. The van der Waals surface area contributed by atoms with Crippen molar-refractivity contribution in [2.75, 3.05) is 14.2 Å². The number of nitrogens with one attached hydrogen (secondary N) is 1. The number of amides is 1. The number of carbonyl (C=O) groups is 2. The van der Waals surface area contributed by atoms with Crippen LogP contribution in [0.5, 0.6) is 11.5 Å². The monoisotopic (exact) mass is 487 g/mol. The molecule has 6 heteroatoms. The van der Waals surface area contributed by atoms with E-state index in [1.807, 2.05) is 18.2 Å². The first-order chi connectivity index (χ1) is 17.0. The fourth-order valence-corrected chi connectivity index (χ4v) is 4.77. The number of allylic oxidation sites excluding steroid dienone is 1. The molecule has 2 N–H and O–H groups in total. The second kappa shape index (κ2) is 16.4. The zero-order valence-corrected chi connectivity index (χ0v) is 21.9. The van der Waals surface area contributed by atoms with Gasteiger partial charge in [0.2, 0.25) is 5.91 Å². The predicted octanol–water partition coefficient (Wildman–Crippen LogP) is 5.75. The molecule has 0 radical (unpaired) electrons. The first-order valence-corrected chi connectivity index (χ1v) is 13.3. The van der Waals surface area contributed by atoms with Gasteiger partial charge in [-0.3, -0.25) is 9.59 Å². The molecule has 0 spiro atoms. The summed E-state index contributed by atoms with van der Waals surface area (Å²) in [6.07, 6.45) is 14.6. The van der Waals surface area contributed by atoms with E-state index in [2.05, 4.69) is 18.3 Å². The Labute approximate surface area is 211 Å². The number of hydrogen-bond acceptors (Lipinski definition) is 5. The van der Waals surface area contributed by atoms with Crippen LogP contribution in [0.15, 0.2) is 30.4 Å². The molecule has 1 saturated carbocycles. The Morgan fingerprint density at radius 1 is 1.09 bits per heavy atom. The Balaban J connectivity index is 1.62. The molecular weight excluding hydrogens is 442 g/mol. The van der Waals surface area contributed by atoms with Crippen LogP contribution in [-0.4, -0.2) is 37.1 Å². The molecule has 3 unspecified atom stereocenters. The van der Waals surface area contributed by atoms with Gasteiger partial charge in [-0.15, -0.1) is 0 Å². The van der Waals surface area contributed by atoms with Gasteiger partial charge in [0.05, 0.1) is 20.3 Å². The summed E-state index contributed by atoms with van der Waals surface area (Å²) in [6, 6.07) is 5.59. The summed E-state index contributed by atoms with van der Waals surface area (Å²) in [5.74, 6) is 2.18. The van der Waals surface area contributed by atoms with Gasteiger partial charge in [0.25, 0.3) is 0 Å². The van der Waals surface area contributed by atoms with Crippen LogP contribution in [0.1, 0.15) is 89.5 Å². The van der Waals surface area contributed by atoms with Crippen molar-refractivity contribution >= 4 is 11.7 Å². The van der Waals surface area contributed by atoms with Gasteiger partial charge >= 0.3 is 0 Å². The smallest absolute Gasteiger partial charge is 0.220 e. The number of carbonyl (C=O) groups excluding carboxylic acids is 2. The molecule has 1 aromatic carbocycles. The summed E-state index contributed by atoms with van der Waals surface area (Å²) in [6.45, 7) is 2.60. The highest BCUT2D eigenvalue weighted by molar-refractivity contribution is 5.83. The summed E-state index contributed by atoms with van der Waals surface area (Å²) < 4.78 is 10.5. The summed E-state index contributed by atoms with van der Waals surface area (Å²) in [4.78, 5) is 24.6. The summed E-state index contributed by atoms with van der Waals surface area (Å²) >= 11 is 0. The molecule has 0 aliphatic heterocycles. The molecule has 35 heavy (non-hydrogen) atoms. The average molecular weight is 488 g/mol. The number of benzene rings is 1. The van der Waals surface area contributed by atoms with Gasteiger partial charge in [-0.1, -0.05) is 57.6 Å². The highest BCUT2D eigenvalue weighted by Crippen LogP contribution is 2.34. The Hall–Kier alpha value is -2.34. The van der Waals surface area contributed by atoms with Crippen molar-refractivity contribution in [3.8, 4) is 11.5 Å². The van der Waals surface area contributed by atoms with Crippen LogP contribution < -0.4 is 14.8 Å². The first kappa shape index (κ1) is 28.9. The minimum Gasteiger partial charge on any atom is -0.497 e. The van der Waals surface area contributed by atoms with Crippen molar-refractivity contribution in [2.24, 2.45) is 11.8 Å². The van der Waals surface area contributed by atoms with E-state index in [0.717, 1.165) is 69.8 Å². The van der Waals surface area contributed by atoms with Crippen molar-refractivity contribution in [1.82, 2.24) is 5.32 Å². The molecule has 0 saturated heterocycles. The zero-order chi connectivity index (χ0) is 25.5. The molecule has 1 aliphatic rings. The van der Waals surface area contributed by atoms with Gasteiger partial charge in [-0.05, 0) is 49.3 Å². The third-order valence-corrected chi connectivity index (χ3v) is 6.91. The van der Waals surface area contributed by atoms with E-state index in [1.54, 1.807) is 20.3 Å². The largest absolute Gasteiger partial charge is 0.497 e. The number of rotatable bonds is 17. The topological polar surface area (TPSA) is 84.9 Å². The van der Waals surface area contributed by atoms with E-state index in [1.165, 1.54) is 0 Å². The molecule has 3 atom stereocenters. The number of aliphatic hydroxyl groups is 1. The highest BCUT2D eigenvalue weighted by Gasteiger charge is 2.32. The SMILES string of the molecule is CCCCCC(O)C=CC1CCC(=O)C1CCCCCCC(=O)NCc1cc(OC)cc(OC)c1.